The Morgan fingerprint density at radius 1 is 0.808 bits per heavy atom. The van der Waals surface area contributed by atoms with Crippen molar-refractivity contribution in [2.24, 2.45) is 0 Å². The lowest BCUT2D eigenvalue weighted by atomic mass is 10.2. The number of fused-ring (bicyclic) bond motifs is 2. The van der Waals surface area contributed by atoms with E-state index in [4.69, 9.17) is 0 Å². The zero-order valence-corrected chi connectivity index (χ0v) is 13.7. The second kappa shape index (κ2) is 7.34. The minimum Gasteiger partial charge on any atom is -0.350 e. The van der Waals surface area contributed by atoms with Gasteiger partial charge in [0.15, 0.2) is 11.3 Å². The molecular weight excluding hydrogens is 330 g/mol. The van der Waals surface area contributed by atoms with Crippen molar-refractivity contribution in [3.8, 4) is 0 Å². The first kappa shape index (κ1) is 15.6. The van der Waals surface area contributed by atoms with Crippen molar-refractivity contribution in [2.45, 2.75) is 6.54 Å². The van der Waals surface area contributed by atoms with Gasteiger partial charge in [-0.05, 0) is 5.56 Å². The van der Waals surface area contributed by atoms with E-state index in [0.717, 1.165) is 11.0 Å². The molecule has 0 radical (unpaired) electrons. The molecule has 9 nitrogen and oxygen atoms in total. The lowest BCUT2D eigenvalue weighted by molar-refractivity contribution is 1.07. The van der Waals surface area contributed by atoms with Crippen LogP contribution in [0, 0.1) is 0 Å². The van der Waals surface area contributed by atoms with Gasteiger partial charge in [-0.25, -0.2) is 24.9 Å². The highest BCUT2D eigenvalue weighted by atomic mass is 15.1. The average molecular weight is 345 g/mol. The fourth-order valence-electron chi connectivity index (χ4n) is 2.29. The highest BCUT2D eigenvalue weighted by molar-refractivity contribution is 5.69. The molecule has 9 heteroatoms. The molecule has 0 aliphatic rings. The largest absolute Gasteiger partial charge is 0.350 e. The highest BCUT2D eigenvalue weighted by Gasteiger charge is 2.01. The lowest BCUT2D eigenvalue weighted by Crippen LogP contribution is -2.03. The van der Waals surface area contributed by atoms with Gasteiger partial charge in [-0.3, -0.25) is 0 Å². The maximum Gasteiger partial charge on any atom is 0.225 e. The van der Waals surface area contributed by atoms with E-state index in [9.17, 15) is 0 Å². The van der Waals surface area contributed by atoms with Crippen molar-refractivity contribution in [1.29, 1.82) is 0 Å². The normalized spacial score (nSPS) is 10.5. The van der Waals surface area contributed by atoms with Gasteiger partial charge in [0.1, 0.15) is 17.4 Å². The molecule has 0 aliphatic heterocycles. The standard InChI is InChI=1S/C12H11N5.C5H4N4/c1-2-4-9(5-3-1)6-13-12-14-7-10-11(17-12)16-8-15-10;1-4-5(8-2-6-1)9-3-7-4/h1-5,7-8H,6H2,(H2,13,14,15,16,17);1-3H,(H,6,7,8,9). The predicted molar refractivity (Wildman–Crippen MR) is 97.1 cm³/mol. The maximum absolute atomic E-state index is 4.29. The van der Waals surface area contributed by atoms with E-state index < -0.39 is 0 Å². The van der Waals surface area contributed by atoms with Gasteiger partial charge in [-0.2, -0.15) is 4.98 Å². The summed E-state index contributed by atoms with van der Waals surface area (Å²) in [5, 5.41) is 3.17. The molecule has 0 atom stereocenters. The van der Waals surface area contributed by atoms with Gasteiger partial charge in [-0.15, -0.1) is 0 Å². The Kier molecular flexibility index (Phi) is 4.42. The van der Waals surface area contributed by atoms with Gasteiger partial charge < -0.3 is 15.3 Å². The first-order valence-corrected chi connectivity index (χ1v) is 7.91. The summed E-state index contributed by atoms with van der Waals surface area (Å²) in [6.07, 6.45) is 8.10. The van der Waals surface area contributed by atoms with Crippen molar-refractivity contribution in [1.82, 2.24) is 39.9 Å². The molecular formula is C17H15N9. The summed E-state index contributed by atoms with van der Waals surface area (Å²) in [6.45, 7) is 0.705. The second-order valence-electron chi connectivity index (χ2n) is 5.34. The fraction of sp³-hybridized carbons (Fsp3) is 0.0588. The van der Waals surface area contributed by atoms with Crippen molar-refractivity contribution in [3.05, 3.63) is 67.3 Å². The van der Waals surface area contributed by atoms with Crippen LogP contribution in [-0.4, -0.2) is 39.9 Å². The summed E-state index contributed by atoms with van der Waals surface area (Å²) in [5.74, 6) is 0.591. The Bertz CT molecular complexity index is 1070. The van der Waals surface area contributed by atoms with Crippen molar-refractivity contribution >= 4 is 28.3 Å². The second-order valence-corrected chi connectivity index (χ2v) is 5.34. The summed E-state index contributed by atoms with van der Waals surface area (Å²) in [5.41, 5.74) is 4.30. The molecule has 4 aromatic heterocycles. The van der Waals surface area contributed by atoms with E-state index in [0.29, 0.717) is 23.8 Å². The Hall–Kier alpha value is -3.88. The number of hydrogen-bond donors (Lipinski definition) is 3. The topological polar surface area (TPSA) is 121 Å². The monoisotopic (exact) mass is 345 g/mol. The predicted octanol–water partition coefficient (Wildman–Crippen LogP) is 2.32. The minimum atomic E-state index is 0.591. The molecule has 128 valence electrons. The first-order valence-electron chi connectivity index (χ1n) is 7.91. The van der Waals surface area contributed by atoms with Crippen LogP contribution in [0.3, 0.4) is 0 Å². The molecule has 0 saturated carbocycles. The summed E-state index contributed by atoms with van der Waals surface area (Å²) in [4.78, 5) is 30.0. The smallest absolute Gasteiger partial charge is 0.225 e. The first-order chi connectivity index (χ1) is 12.9. The molecule has 5 aromatic rings. The number of nitrogens with zero attached hydrogens (tertiary/aromatic N) is 6. The van der Waals surface area contributed by atoms with Crippen LogP contribution in [0.1, 0.15) is 5.56 Å². The molecule has 0 saturated heterocycles. The Morgan fingerprint density at radius 2 is 1.58 bits per heavy atom. The number of benzene rings is 1. The van der Waals surface area contributed by atoms with Gasteiger partial charge >= 0.3 is 0 Å². The number of rotatable bonds is 3. The molecule has 0 aliphatic carbocycles. The van der Waals surface area contributed by atoms with Crippen LogP contribution in [-0.2, 0) is 6.54 Å². The number of anilines is 1. The van der Waals surface area contributed by atoms with Crippen molar-refractivity contribution in [3.63, 3.8) is 0 Å². The Labute approximate surface area is 148 Å². The van der Waals surface area contributed by atoms with E-state index in [1.165, 1.54) is 11.9 Å². The Morgan fingerprint density at radius 3 is 2.38 bits per heavy atom. The lowest BCUT2D eigenvalue weighted by Gasteiger charge is -2.03. The third-order valence-corrected chi connectivity index (χ3v) is 3.57. The number of imidazole rings is 2. The zero-order chi connectivity index (χ0) is 17.6. The molecule has 3 N–H and O–H groups in total. The molecule has 5 rings (SSSR count). The summed E-state index contributed by atoms with van der Waals surface area (Å²) in [6, 6.07) is 10.1. The van der Waals surface area contributed by atoms with Crippen molar-refractivity contribution < 1.29 is 0 Å². The number of nitrogens with one attached hydrogen (secondary N) is 3. The van der Waals surface area contributed by atoms with Crippen LogP contribution in [0.25, 0.3) is 22.3 Å². The van der Waals surface area contributed by atoms with Gasteiger partial charge in [0, 0.05) is 6.54 Å². The van der Waals surface area contributed by atoms with Crippen LogP contribution >= 0.6 is 0 Å². The molecule has 0 amide bonds. The minimum absolute atomic E-state index is 0.591. The van der Waals surface area contributed by atoms with Crippen molar-refractivity contribution in [2.75, 3.05) is 5.32 Å². The molecule has 0 fully saturated rings. The van der Waals surface area contributed by atoms with Gasteiger partial charge in [-0.1, -0.05) is 30.3 Å². The van der Waals surface area contributed by atoms with Gasteiger partial charge in [0.25, 0.3) is 0 Å². The summed E-state index contributed by atoms with van der Waals surface area (Å²) >= 11 is 0. The summed E-state index contributed by atoms with van der Waals surface area (Å²) in [7, 11) is 0. The molecule has 1 aromatic carbocycles. The SMILES string of the molecule is c1ccc(CNc2ncc3[nH]cnc3n2)cc1.c1ncc2[nH]cnc2n1. The molecule has 0 unspecified atom stereocenters. The number of aromatic amines is 2. The van der Waals surface area contributed by atoms with Crippen LogP contribution in [0.5, 0.6) is 0 Å². The molecule has 4 heterocycles. The third-order valence-electron chi connectivity index (χ3n) is 3.57. The zero-order valence-electron chi connectivity index (χ0n) is 13.7. The fourth-order valence-corrected chi connectivity index (χ4v) is 2.29. The number of H-pyrrole nitrogens is 2. The van der Waals surface area contributed by atoms with E-state index in [1.54, 1.807) is 25.0 Å². The van der Waals surface area contributed by atoms with Crippen LogP contribution in [0.4, 0.5) is 5.95 Å². The van der Waals surface area contributed by atoms with Crippen LogP contribution in [0.15, 0.2) is 61.7 Å². The highest BCUT2D eigenvalue weighted by Crippen LogP contribution is 2.08. The maximum atomic E-state index is 4.29. The van der Waals surface area contributed by atoms with E-state index in [1.807, 2.05) is 18.2 Å². The molecule has 0 bridgehead atoms. The molecule has 0 spiro atoms. The Balaban J connectivity index is 0.000000157. The summed E-state index contributed by atoms with van der Waals surface area (Å²) < 4.78 is 0. The van der Waals surface area contributed by atoms with Crippen LogP contribution in [0.2, 0.25) is 0 Å². The molecule has 26 heavy (non-hydrogen) atoms. The van der Waals surface area contributed by atoms with E-state index in [-0.39, 0.29) is 0 Å². The average Bonchev–Trinajstić information content (AvgIpc) is 3.36. The van der Waals surface area contributed by atoms with Gasteiger partial charge in [0.2, 0.25) is 5.95 Å². The van der Waals surface area contributed by atoms with E-state index >= 15 is 0 Å². The van der Waals surface area contributed by atoms with E-state index in [2.05, 4.69) is 57.3 Å². The third kappa shape index (κ3) is 3.61. The van der Waals surface area contributed by atoms with Crippen LogP contribution < -0.4 is 5.32 Å². The van der Waals surface area contributed by atoms with Gasteiger partial charge in [0.05, 0.1) is 25.0 Å². The number of aromatic nitrogens is 8. The number of hydrogen-bond acceptors (Lipinski definition) is 7. The quantitative estimate of drug-likeness (QED) is 0.459.